The Balaban J connectivity index is 2.24. The molecule has 2 rings (SSSR count). The van der Waals surface area contributed by atoms with Crippen molar-refractivity contribution in [2.45, 2.75) is 20.3 Å². The number of carboxylic acids is 1. The topological polar surface area (TPSA) is 72.3 Å². The number of hydrogen-bond donors (Lipinski definition) is 1. The lowest BCUT2D eigenvalue weighted by Crippen LogP contribution is -2.06. The summed E-state index contributed by atoms with van der Waals surface area (Å²) in [6.45, 7) is 3.65. The lowest BCUT2D eigenvalue weighted by molar-refractivity contribution is 0.0695. The largest absolute Gasteiger partial charge is 0.496 e. The SMILES string of the molecule is COc1ccc(Cc2ncc(C(=O)O)c(C)n2)cc1C. The molecule has 0 aliphatic rings. The van der Waals surface area contributed by atoms with E-state index >= 15 is 0 Å². The second kappa shape index (κ2) is 5.69. The van der Waals surface area contributed by atoms with Crippen molar-refractivity contribution in [1.82, 2.24) is 9.97 Å². The number of aryl methyl sites for hydroxylation is 2. The normalized spacial score (nSPS) is 10.3. The lowest BCUT2D eigenvalue weighted by atomic mass is 10.1. The van der Waals surface area contributed by atoms with Crippen molar-refractivity contribution in [1.29, 1.82) is 0 Å². The third kappa shape index (κ3) is 2.93. The second-order valence-electron chi connectivity index (χ2n) is 4.57. The highest BCUT2D eigenvalue weighted by Crippen LogP contribution is 2.19. The van der Waals surface area contributed by atoms with Crippen LogP contribution in [0.2, 0.25) is 0 Å². The van der Waals surface area contributed by atoms with E-state index in [4.69, 9.17) is 9.84 Å². The van der Waals surface area contributed by atoms with Gasteiger partial charge in [0.25, 0.3) is 0 Å². The highest BCUT2D eigenvalue weighted by molar-refractivity contribution is 5.88. The van der Waals surface area contributed by atoms with Gasteiger partial charge in [0.2, 0.25) is 0 Å². The third-order valence-corrected chi connectivity index (χ3v) is 3.08. The van der Waals surface area contributed by atoms with Gasteiger partial charge >= 0.3 is 5.97 Å². The standard InChI is InChI=1S/C15H16N2O3/c1-9-6-11(4-5-13(9)20-3)7-14-16-8-12(15(18)19)10(2)17-14/h4-6,8H,7H2,1-3H3,(H,18,19). The molecule has 1 heterocycles. The Morgan fingerprint density at radius 3 is 2.65 bits per heavy atom. The van der Waals surface area contributed by atoms with Gasteiger partial charge in [0.05, 0.1) is 18.4 Å². The number of ether oxygens (including phenoxy) is 1. The molecule has 0 saturated heterocycles. The van der Waals surface area contributed by atoms with Crippen LogP contribution >= 0.6 is 0 Å². The van der Waals surface area contributed by atoms with Gasteiger partial charge in [0, 0.05) is 12.6 Å². The molecule has 5 heteroatoms. The van der Waals surface area contributed by atoms with Crippen LogP contribution in [0.5, 0.6) is 5.75 Å². The van der Waals surface area contributed by atoms with Crippen molar-refractivity contribution >= 4 is 5.97 Å². The van der Waals surface area contributed by atoms with Gasteiger partial charge in [-0.05, 0) is 31.0 Å². The molecule has 0 aliphatic heterocycles. The number of benzene rings is 1. The minimum absolute atomic E-state index is 0.139. The first-order valence-corrected chi connectivity index (χ1v) is 6.20. The summed E-state index contributed by atoms with van der Waals surface area (Å²) in [5.41, 5.74) is 2.72. The molecule has 0 amide bonds. The quantitative estimate of drug-likeness (QED) is 0.925. The van der Waals surface area contributed by atoms with Crippen molar-refractivity contribution in [3.63, 3.8) is 0 Å². The Bertz CT molecular complexity index is 654. The first-order valence-electron chi connectivity index (χ1n) is 6.20. The van der Waals surface area contributed by atoms with Crippen LogP contribution in [0.1, 0.15) is 33.0 Å². The molecule has 5 nitrogen and oxygen atoms in total. The van der Waals surface area contributed by atoms with Gasteiger partial charge in [0.1, 0.15) is 11.6 Å². The molecule has 0 bridgehead atoms. The molecule has 0 aliphatic carbocycles. The van der Waals surface area contributed by atoms with Gasteiger partial charge in [-0.25, -0.2) is 14.8 Å². The number of methoxy groups -OCH3 is 1. The average Bonchev–Trinajstić information content (AvgIpc) is 2.38. The van der Waals surface area contributed by atoms with E-state index in [0.29, 0.717) is 17.9 Å². The van der Waals surface area contributed by atoms with E-state index in [0.717, 1.165) is 16.9 Å². The molecule has 1 N–H and O–H groups in total. The Hall–Kier alpha value is -2.43. The van der Waals surface area contributed by atoms with E-state index in [9.17, 15) is 4.79 Å². The Morgan fingerprint density at radius 1 is 1.35 bits per heavy atom. The van der Waals surface area contributed by atoms with Crippen LogP contribution in [0, 0.1) is 13.8 Å². The van der Waals surface area contributed by atoms with Crippen molar-refractivity contribution in [2.75, 3.05) is 7.11 Å². The van der Waals surface area contributed by atoms with Crippen molar-refractivity contribution in [2.24, 2.45) is 0 Å². The van der Waals surface area contributed by atoms with Crippen LogP contribution < -0.4 is 4.74 Å². The Kier molecular flexibility index (Phi) is 3.98. The monoisotopic (exact) mass is 272 g/mol. The fourth-order valence-electron chi connectivity index (χ4n) is 2.04. The van der Waals surface area contributed by atoms with E-state index in [-0.39, 0.29) is 5.56 Å². The zero-order valence-electron chi connectivity index (χ0n) is 11.7. The fraction of sp³-hybridized carbons (Fsp3) is 0.267. The van der Waals surface area contributed by atoms with E-state index < -0.39 is 5.97 Å². The predicted octanol–water partition coefficient (Wildman–Crippen LogP) is 2.39. The molecule has 0 spiro atoms. The third-order valence-electron chi connectivity index (χ3n) is 3.08. The maximum Gasteiger partial charge on any atom is 0.339 e. The number of hydrogen-bond acceptors (Lipinski definition) is 4. The predicted molar refractivity (Wildman–Crippen MR) is 74.3 cm³/mol. The summed E-state index contributed by atoms with van der Waals surface area (Å²) in [4.78, 5) is 19.3. The maximum atomic E-state index is 10.9. The number of rotatable bonds is 4. The maximum absolute atomic E-state index is 10.9. The molecular formula is C15H16N2O3. The van der Waals surface area contributed by atoms with Crippen LogP contribution in [0.25, 0.3) is 0 Å². The van der Waals surface area contributed by atoms with Gasteiger partial charge in [-0.15, -0.1) is 0 Å². The lowest BCUT2D eigenvalue weighted by Gasteiger charge is -2.08. The molecule has 0 unspecified atom stereocenters. The highest BCUT2D eigenvalue weighted by Gasteiger charge is 2.10. The molecule has 104 valence electrons. The molecule has 0 atom stereocenters. The van der Waals surface area contributed by atoms with Crippen molar-refractivity contribution in [3.8, 4) is 5.75 Å². The first-order chi connectivity index (χ1) is 9.51. The molecule has 20 heavy (non-hydrogen) atoms. The van der Waals surface area contributed by atoms with Gasteiger partial charge in [-0.3, -0.25) is 0 Å². The molecule has 1 aromatic heterocycles. The molecular weight excluding hydrogens is 256 g/mol. The summed E-state index contributed by atoms with van der Waals surface area (Å²) >= 11 is 0. The smallest absolute Gasteiger partial charge is 0.339 e. The Morgan fingerprint density at radius 2 is 2.10 bits per heavy atom. The number of carboxylic acid groups (broad SMARTS) is 1. The molecule has 0 radical (unpaired) electrons. The summed E-state index contributed by atoms with van der Waals surface area (Å²) in [5.74, 6) is 0.443. The average molecular weight is 272 g/mol. The highest BCUT2D eigenvalue weighted by atomic mass is 16.5. The summed E-state index contributed by atoms with van der Waals surface area (Å²) in [5, 5.41) is 8.95. The summed E-state index contributed by atoms with van der Waals surface area (Å²) in [6.07, 6.45) is 1.92. The van der Waals surface area contributed by atoms with E-state index in [2.05, 4.69) is 9.97 Å². The van der Waals surface area contributed by atoms with Crippen molar-refractivity contribution < 1.29 is 14.6 Å². The molecule has 0 fully saturated rings. The number of aromatic carboxylic acids is 1. The number of aromatic nitrogens is 2. The molecule has 1 aromatic carbocycles. The number of carbonyl (C=O) groups is 1. The fourth-order valence-corrected chi connectivity index (χ4v) is 2.04. The van der Waals surface area contributed by atoms with E-state index in [1.54, 1.807) is 14.0 Å². The van der Waals surface area contributed by atoms with Crippen LogP contribution in [0.15, 0.2) is 24.4 Å². The molecule has 0 saturated carbocycles. The van der Waals surface area contributed by atoms with Crippen LogP contribution in [-0.2, 0) is 6.42 Å². The van der Waals surface area contributed by atoms with Gasteiger partial charge in [-0.2, -0.15) is 0 Å². The first kappa shape index (κ1) is 14.0. The zero-order chi connectivity index (χ0) is 14.7. The van der Waals surface area contributed by atoms with Crippen LogP contribution in [0.4, 0.5) is 0 Å². The second-order valence-corrected chi connectivity index (χ2v) is 4.57. The van der Waals surface area contributed by atoms with Crippen molar-refractivity contribution in [3.05, 3.63) is 52.6 Å². The van der Waals surface area contributed by atoms with Gasteiger partial charge in [-0.1, -0.05) is 12.1 Å². The van der Waals surface area contributed by atoms with Crippen LogP contribution in [0.3, 0.4) is 0 Å². The summed E-state index contributed by atoms with van der Waals surface area (Å²) in [6, 6.07) is 5.88. The minimum Gasteiger partial charge on any atom is -0.496 e. The summed E-state index contributed by atoms with van der Waals surface area (Å²) in [7, 11) is 1.64. The van der Waals surface area contributed by atoms with E-state index in [1.165, 1.54) is 6.20 Å². The minimum atomic E-state index is -1.01. The van der Waals surface area contributed by atoms with Gasteiger partial charge < -0.3 is 9.84 Å². The van der Waals surface area contributed by atoms with Gasteiger partial charge in [0.15, 0.2) is 0 Å². The van der Waals surface area contributed by atoms with Crippen LogP contribution in [-0.4, -0.2) is 28.2 Å². The zero-order valence-corrected chi connectivity index (χ0v) is 11.7. The molecule has 2 aromatic rings. The number of nitrogens with zero attached hydrogens (tertiary/aromatic N) is 2. The van der Waals surface area contributed by atoms with E-state index in [1.807, 2.05) is 25.1 Å². The summed E-state index contributed by atoms with van der Waals surface area (Å²) < 4.78 is 5.21. The Labute approximate surface area is 117 Å².